The van der Waals surface area contributed by atoms with Crippen LogP contribution in [0.15, 0.2) is 24.3 Å². The number of likely N-dealkylation sites (tertiary alicyclic amines) is 1. The molecule has 0 aromatic heterocycles. The van der Waals surface area contributed by atoms with Crippen LogP contribution in [0.5, 0.6) is 0 Å². The molecule has 1 aliphatic rings. The maximum Gasteiger partial charge on any atom is 0.319 e. The summed E-state index contributed by atoms with van der Waals surface area (Å²) in [6.45, 7) is 5.29. The Hall–Kier alpha value is -1.64. The Bertz CT molecular complexity index is 676. The van der Waals surface area contributed by atoms with Crippen molar-refractivity contribution in [2.45, 2.75) is 26.2 Å². The van der Waals surface area contributed by atoms with Crippen LogP contribution in [-0.2, 0) is 10.0 Å². The highest BCUT2D eigenvalue weighted by molar-refractivity contribution is 7.89. The minimum absolute atomic E-state index is 0.155. The monoisotopic (exact) mass is 382 g/mol. The van der Waals surface area contributed by atoms with E-state index in [4.69, 9.17) is 0 Å². The van der Waals surface area contributed by atoms with E-state index in [1.165, 1.54) is 7.05 Å². The summed E-state index contributed by atoms with van der Waals surface area (Å²) in [5.41, 5.74) is 1.94. The number of hydrogen-bond acceptors (Lipinski definition) is 4. The molecule has 1 fully saturated rings. The van der Waals surface area contributed by atoms with E-state index in [-0.39, 0.29) is 11.8 Å². The minimum Gasteiger partial charge on any atom is -0.338 e. The molecule has 8 heteroatoms. The molecule has 2 amide bonds. The van der Waals surface area contributed by atoms with E-state index in [0.717, 1.165) is 43.7 Å². The van der Waals surface area contributed by atoms with Crippen molar-refractivity contribution in [2.75, 3.05) is 44.3 Å². The van der Waals surface area contributed by atoms with Gasteiger partial charge in [0.25, 0.3) is 0 Å². The van der Waals surface area contributed by atoms with Gasteiger partial charge in [0.15, 0.2) is 0 Å². The van der Waals surface area contributed by atoms with Gasteiger partial charge in [0.05, 0.1) is 5.75 Å². The van der Waals surface area contributed by atoms with Gasteiger partial charge in [0, 0.05) is 18.8 Å². The predicted molar refractivity (Wildman–Crippen MR) is 105 cm³/mol. The molecule has 0 spiro atoms. The van der Waals surface area contributed by atoms with E-state index in [0.29, 0.717) is 18.9 Å². The molecule has 0 saturated carbocycles. The summed E-state index contributed by atoms with van der Waals surface area (Å²) in [6.07, 6.45) is 2.78. The summed E-state index contributed by atoms with van der Waals surface area (Å²) in [4.78, 5) is 14.3. The molecule has 0 radical (unpaired) electrons. The Balaban J connectivity index is 1.69. The first-order valence-corrected chi connectivity index (χ1v) is 10.8. The van der Waals surface area contributed by atoms with E-state index in [9.17, 15) is 13.2 Å². The van der Waals surface area contributed by atoms with Crippen molar-refractivity contribution in [3.63, 3.8) is 0 Å². The Morgan fingerprint density at radius 3 is 2.69 bits per heavy atom. The molecule has 1 aromatic rings. The molecular weight excluding hydrogens is 352 g/mol. The number of urea groups is 1. The number of carbonyl (C=O) groups excluding carboxylic acids is 1. The molecular formula is C18H30N4O3S. The molecule has 2 rings (SSSR count). The number of carbonyl (C=O) groups is 1. The normalized spacial score (nSPS) is 18.5. The minimum atomic E-state index is -3.13. The molecule has 26 heavy (non-hydrogen) atoms. The van der Waals surface area contributed by atoms with Crippen molar-refractivity contribution in [3.05, 3.63) is 29.8 Å². The molecule has 1 saturated heterocycles. The van der Waals surface area contributed by atoms with Crippen LogP contribution >= 0.6 is 0 Å². The lowest BCUT2D eigenvalue weighted by Crippen LogP contribution is -2.42. The van der Waals surface area contributed by atoms with Crippen LogP contribution in [0.4, 0.5) is 10.5 Å². The van der Waals surface area contributed by atoms with Crippen LogP contribution < -0.4 is 15.4 Å². The number of nitrogens with zero attached hydrogens (tertiary/aromatic N) is 1. The molecule has 1 atom stereocenters. The lowest BCUT2D eigenvalue weighted by atomic mass is 9.98. The van der Waals surface area contributed by atoms with Crippen LogP contribution in [0.1, 0.15) is 24.8 Å². The third kappa shape index (κ3) is 7.31. The second kappa shape index (κ2) is 9.89. The second-order valence-corrected chi connectivity index (χ2v) is 8.93. The van der Waals surface area contributed by atoms with Crippen molar-refractivity contribution in [1.82, 2.24) is 14.9 Å². The quantitative estimate of drug-likeness (QED) is 0.639. The van der Waals surface area contributed by atoms with Gasteiger partial charge in [-0.3, -0.25) is 0 Å². The van der Waals surface area contributed by atoms with E-state index >= 15 is 0 Å². The van der Waals surface area contributed by atoms with Gasteiger partial charge in [0.1, 0.15) is 0 Å². The highest BCUT2D eigenvalue weighted by Crippen LogP contribution is 2.16. The van der Waals surface area contributed by atoms with Crippen molar-refractivity contribution < 1.29 is 13.2 Å². The van der Waals surface area contributed by atoms with Crippen LogP contribution in [0.3, 0.4) is 0 Å². The number of anilines is 1. The van der Waals surface area contributed by atoms with Crippen LogP contribution in [-0.4, -0.2) is 58.3 Å². The first-order valence-electron chi connectivity index (χ1n) is 9.13. The average Bonchev–Trinajstić information content (AvgIpc) is 2.62. The van der Waals surface area contributed by atoms with Crippen LogP contribution in [0.25, 0.3) is 0 Å². The average molecular weight is 383 g/mol. The number of aryl methyl sites for hydroxylation is 1. The highest BCUT2D eigenvalue weighted by Gasteiger charge is 2.20. The zero-order chi connectivity index (χ0) is 19.0. The smallest absolute Gasteiger partial charge is 0.319 e. The number of amides is 2. The van der Waals surface area contributed by atoms with Gasteiger partial charge in [-0.2, -0.15) is 0 Å². The summed E-state index contributed by atoms with van der Waals surface area (Å²) < 4.78 is 25.3. The Kier molecular flexibility index (Phi) is 7.86. The molecule has 7 nitrogen and oxygen atoms in total. The number of nitrogens with one attached hydrogen (secondary N) is 3. The molecule has 0 aliphatic carbocycles. The van der Waals surface area contributed by atoms with E-state index in [1.54, 1.807) is 0 Å². The number of rotatable bonds is 8. The van der Waals surface area contributed by atoms with Gasteiger partial charge in [0.2, 0.25) is 10.0 Å². The molecule has 146 valence electrons. The summed E-state index contributed by atoms with van der Waals surface area (Å²) in [7, 11) is -1.69. The molecule has 1 aromatic carbocycles. The van der Waals surface area contributed by atoms with Crippen molar-refractivity contribution in [2.24, 2.45) is 5.92 Å². The van der Waals surface area contributed by atoms with Crippen molar-refractivity contribution in [1.29, 1.82) is 0 Å². The summed E-state index contributed by atoms with van der Waals surface area (Å²) in [6, 6.07) is 7.50. The Morgan fingerprint density at radius 2 is 2.00 bits per heavy atom. The molecule has 0 bridgehead atoms. The van der Waals surface area contributed by atoms with Gasteiger partial charge in [-0.25, -0.2) is 17.9 Å². The Labute approximate surface area is 156 Å². The van der Waals surface area contributed by atoms with Gasteiger partial charge in [-0.15, -0.1) is 0 Å². The molecule has 3 N–H and O–H groups in total. The lowest BCUT2D eigenvalue weighted by molar-refractivity contribution is 0.173. The predicted octanol–water partition coefficient (Wildman–Crippen LogP) is 1.77. The van der Waals surface area contributed by atoms with E-state index < -0.39 is 10.0 Å². The number of benzene rings is 1. The Morgan fingerprint density at radius 1 is 1.27 bits per heavy atom. The topological polar surface area (TPSA) is 90.5 Å². The molecule has 1 aliphatic heterocycles. The first kappa shape index (κ1) is 20.7. The highest BCUT2D eigenvalue weighted by atomic mass is 32.2. The van der Waals surface area contributed by atoms with Gasteiger partial charge in [-0.05, 0) is 64.4 Å². The van der Waals surface area contributed by atoms with Crippen molar-refractivity contribution >= 4 is 21.7 Å². The number of hydrogen-bond donors (Lipinski definition) is 3. The zero-order valence-corrected chi connectivity index (χ0v) is 16.4. The fourth-order valence-electron chi connectivity index (χ4n) is 3.15. The SMILES string of the molecule is CNS(=O)(=O)CCCN1CCC[C@H](CNC(=O)Nc2ccc(C)cc2)C1. The standard InChI is InChI=1S/C18H30N4O3S/c1-15-6-8-17(9-7-15)21-18(23)20-13-16-5-3-10-22(14-16)11-4-12-26(24,25)19-2/h6-9,16,19H,3-5,10-14H2,1-2H3,(H2,20,21,23)/t16-/m1/s1. The molecule has 0 unspecified atom stereocenters. The largest absolute Gasteiger partial charge is 0.338 e. The summed E-state index contributed by atoms with van der Waals surface area (Å²) >= 11 is 0. The first-order chi connectivity index (χ1) is 12.4. The van der Waals surface area contributed by atoms with Crippen LogP contribution in [0, 0.1) is 12.8 Å². The van der Waals surface area contributed by atoms with Crippen molar-refractivity contribution in [3.8, 4) is 0 Å². The maximum atomic E-state index is 12.0. The van der Waals surface area contributed by atoms with Gasteiger partial charge in [-0.1, -0.05) is 17.7 Å². The third-order valence-corrected chi connectivity index (χ3v) is 6.11. The summed E-state index contributed by atoms with van der Waals surface area (Å²) in [5, 5.41) is 5.78. The lowest BCUT2D eigenvalue weighted by Gasteiger charge is -2.32. The van der Waals surface area contributed by atoms with Crippen LogP contribution in [0.2, 0.25) is 0 Å². The fourth-order valence-corrected chi connectivity index (χ4v) is 3.86. The zero-order valence-electron chi connectivity index (χ0n) is 15.6. The number of piperidine rings is 1. The summed E-state index contributed by atoms with van der Waals surface area (Å²) in [5.74, 6) is 0.551. The fraction of sp³-hybridized carbons (Fsp3) is 0.611. The number of sulfonamides is 1. The van der Waals surface area contributed by atoms with E-state index in [1.807, 2.05) is 31.2 Å². The maximum absolute atomic E-state index is 12.0. The second-order valence-electron chi connectivity index (χ2n) is 6.89. The van der Waals surface area contributed by atoms with Gasteiger partial charge < -0.3 is 15.5 Å². The third-order valence-electron chi connectivity index (χ3n) is 4.66. The van der Waals surface area contributed by atoms with Gasteiger partial charge >= 0.3 is 6.03 Å². The van der Waals surface area contributed by atoms with E-state index in [2.05, 4.69) is 20.3 Å². The molecule has 1 heterocycles.